The monoisotopic (exact) mass is 1000 g/mol. The van der Waals surface area contributed by atoms with Crippen LogP contribution in [0, 0.1) is 18.8 Å². The average molecular weight is 1010 g/mol. The summed E-state index contributed by atoms with van der Waals surface area (Å²) in [6.07, 6.45) is 18.9. The van der Waals surface area contributed by atoms with Gasteiger partial charge in [0.15, 0.2) is 0 Å². The molecular weight excluding hydrogens is 925 g/mol. The summed E-state index contributed by atoms with van der Waals surface area (Å²) in [7, 11) is 0. The van der Waals surface area contributed by atoms with E-state index in [9.17, 15) is 0 Å². The van der Waals surface area contributed by atoms with Crippen LogP contribution in [0.25, 0.3) is 33.5 Å². The van der Waals surface area contributed by atoms with Crippen LogP contribution in [-0.2, 0) is 0 Å². The van der Waals surface area contributed by atoms with Crippen LogP contribution in [0.2, 0.25) is 0 Å². The fourth-order valence-corrected chi connectivity index (χ4v) is 9.00. The summed E-state index contributed by atoms with van der Waals surface area (Å²) in [6, 6.07) is 63.8. The van der Waals surface area contributed by atoms with Crippen molar-refractivity contribution in [1.82, 2.24) is 9.97 Å². The zero-order valence-corrected chi connectivity index (χ0v) is 46.9. The van der Waals surface area contributed by atoms with Gasteiger partial charge in [-0.25, -0.2) is 9.97 Å². The summed E-state index contributed by atoms with van der Waals surface area (Å²) < 4.78 is 0. The Morgan fingerprint density at radius 2 is 0.974 bits per heavy atom. The molecule has 6 nitrogen and oxygen atoms in total. The molecule has 0 saturated heterocycles. The molecule has 2 unspecified atom stereocenters. The number of hydrogen-bond donors (Lipinski definition) is 2. The van der Waals surface area contributed by atoms with Gasteiger partial charge < -0.3 is 20.4 Å². The van der Waals surface area contributed by atoms with Gasteiger partial charge >= 0.3 is 0 Å². The van der Waals surface area contributed by atoms with Crippen molar-refractivity contribution in [2.24, 2.45) is 11.8 Å². The van der Waals surface area contributed by atoms with E-state index >= 15 is 0 Å². The minimum atomic E-state index is 0.518. The normalized spacial score (nSPS) is 14.3. The Labute approximate surface area is 456 Å². The predicted molar refractivity (Wildman–Crippen MR) is 332 cm³/mol. The quantitative estimate of drug-likeness (QED) is 0.127. The highest BCUT2D eigenvalue weighted by Gasteiger charge is 2.42. The van der Waals surface area contributed by atoms with Crippen molar-refractivity contribution in [2.45, 2.75) is 95.4 Å². The molecule has 2 atom stereocenters. The molecular formula is C70H80N6. The molecule has 1 aromatic heterocycles. The zero-order valence-electron chi connectivity index (χ0n) is 46.9. The Bertz CT molecular complexity index is 3150. The van der Waals surface area contributed by atoms with E-state index in [2.05, 4.69) is 241 Å². The lowest BCUT2D eigenvalue weighted by Crippen LogP contribution is -2.19. The molecule has 0 radical (unpaired) electrons. The Morgan fingerprint density at radius 1 is 0.487 bits per heavy atom. The van der Waals surface area contributed by atoms with Gasteiger partial charge in [-0.05, 0) is 140 Å². The van der Waals surface area contributed by atoms with E-state index in [0.29, 0.717) is 11.8 Å². The van der Waals surface area contributed by atoms with Gasteiger partial charge in [-0.2, -0.15) is 0 Å². The Hall–Kier alpha value is -8.22. The molecule has 0 aliphatic heterocycles. The molecule has 390 valence electrons. The molecule has 7 aromatic carbocycles. The summed E-state index contributed by atoms with van der Waals surface area (Å²) in [5.41, 5.74) is 17.7. The molecule has 1 saturated carbocycles. The van der Waals surface area contributed by atoms with Crippen LogP contribution in [0.3, 0.4) is 0 Å². The third kappa shape index (κ3) is 14.3. The van der Waals surface area contributed by atoms with Crippen LogP contribution in [0.4, 0.5) is 39.8 Å². The van der Waals surface area contributed by atoms with Gasteiger partial charge in [0.05, 0.1) is 22.4 Å². The number of rotatable bonds is 12. The molecule has 0 bridgehead atoms. The first kappa shape index (κ1) is 57.1. The fourth-order valence-electron chi connectivity index (χ4n) is 9.00. The number of aryl methyl sites for hydroxylation is 1. The summed E-state index contributed by atoms with van der Waals surface area (Å²) in [6.45, 7) is 22.4. The lowest BCUT2D eigenvalue weighted by molar-refractivity contribution is 0.871. The second kappa shape index (κ2) is 29.6. The maximum Gasteiger partial charge on any atom is 0.0973 e. The maximum atomic E-state index is 5.38. The minimum Gasteiger partial charge on any atom is -0.359 e. The Morgan fingerprint density at radius 3 is 1.55 bits per heavy atom. The molecule has 0 spiro atoms. The van der Waals surface area contributed by atoms with Crippen LogP contribution in [0.5, 0.6) is 0 Å². The highest BCUT2D eigenvalue weighted by atomic mass is 15.2. The van der Waals surface area contributed by atoms with Crippen molar-refractivity contribution < 1.29 is 0 Å². The van der Waals surface area contributed by atoms with Crippen LogP contribution in [-0.4, -0.2) is 9.97 Å². The highest BCUT2D eigenvalue weighted by molar-refractivity contribution is 5.89. The van der Waals surface area contributed by atoms with Gasteiger partial charge in [0.1, 0.15) is 0 Å². The van der Waals surface area contributed by atoms with E-state index in [1.807, 2.05) is 79.7 Å². The van der Waals surface area contributed by atoms with Gasteiger partial charge in [0, 0.05) is 80.4 Å². The fraction of sp³-hybridized carbons (Fsp3) is 0.229. The van der Waals surface area contributed by atoms with Crippen LogP contribution < -0.4 is 20.4 Å². The smallest absolute Gasteiger partial charge is 0.0973 e. The van der Waals surface area contributed by atoms with Crippen LogP contribution >= 0.6 is 0 Å². The lowest BCUT2D eigenvalue weighted by Gasteiger charge is -2.29. The highest BCUT2D eigenvalue weighted by Crippen LogP contribution is 2.51. The van der Waals surface area contributed by atoms with E-state index in [1.54, 1.807) is 0 Å². The topological polar surface area (TPSA) is 56.3 Å². The van der Waals surface area contributed by atoms with Crippen LogP contribution in [0.15, 0.2) is 242 Å². The number of nitrogens with one attached hydrogen (secondary N) is 2. The molecule has 3 aliphatic rings. The summed E-state index contributed by atoms with van der Waals surface area (Å²) in [5.74, 6) is 1.12. The second-order valence-corrected chi connectivity index (χ2v) is 17.6. The molecule has 6 heteroatoms. The lowest BCUT2D eigenvalue weighted by atomic mass is 10.0. The van der Waals surface area contributed by atoms with Crippen LogP contribution in [0.1, 0.15) is 94.1 Å². The van der Waals surface area contributed by atoms with Gasteiger partial charge in [-0.15, -0.1) is 0 Å². The molecule has 2 N–H and O–H groups in total. The third-order valence-corrected chi connectivity index (χ3v) is 12.4. The van der Waals surface area contributed by atoms with Gasteiger partial charge in [-0.3, -0.25) is 0 Å². The second-order valence-electron chi connectivity index (χ2n) is 17.6. The number of hydrogen-bond acceptors (Lipinski definition) is 6. The Balaban J connectivity index is 0.000000798. The minimum absolute atomic E-state index is 0.518. The summed E-state index contributed by atoms with van der Waals surface area (Å²) >= 11 is 0. The van der Waals surface area contributed by atoms with Gasteiger partial charge in [0.2, 0.25) is 0 Å². The molecule has 1 fully saturated rings. The first-order valence-corrected chi connectivity index (χ1v) is 27.9. The number of benzene rings is 7. The predicted octanol–water partition coefficient (Wildman–Crippen LogP) is 20.7. The van der Waals surface area contributed by atoms with Crippen molar-refractivity contribution in [3.8, 4) is 22.5 Å². The summed E-state index contributed by atoms with van der Waals surface area (Å²) in [5, 5.41) is 7.13. The maximum absolute atomic E-state index is 5.38. The molecule has 3 aliphatic carbocycles. The van der Waals surface area contributed by atoms with Gasteiger partial charge in [-0.1, -0.05) is 185 Å². The van der Waals surface area contributed by atoms with Crippen molar-refractivity contribution >= 4 is 50.8 Å². The number of aromatic nitrogens is 2. The largest absolute Gasteiger partial charge is 0.359 e. The molecule has 76 heavy (non-hydrogen) atoms. The average Bonchev–Trinajstić information content (AvgIpc) is 4.34. The number of fused-ring (bicyclic) bond motifs is 2. The first-order chi connectivity index (χ1) is 37.5. The number of allylic oxidation sites excluding steroid dienone is 8. The SMILES string of the molecule is CC.CC.CC.CC.CCC.Cc1cccc2nc(-c3ccc(N(C4=CC=CC5CC45)c4ccc(Nc5ccccc5)cc4)cc3)c(-c3ccc(N(C4=CC=C(Nc5ccccc5)CC=C4)c4ccccc4)cc3)nc12. The van der Waals surface area contributed by atoms with E-state index in [0.717, 1.165) is 96.7 Å². The van der Waals surface area contributed by atoms with Crippen molar-refractivity contribution in [2.75, 3.05) is 20.4 Å². The first-order valence-electron chi connectivity index (χ1n) is 27.9. The van der Waals surface area contributed by atoms with E-state index in [4.69, 9.17) is 9.97 Å². The Kier molecular flexibility index (Phi) is 22.2. The van der Waals surface area contributed by atoms with Crippen molar-refractivity contribution in [3.05, 3.63) is 247 Å². The van der Waals surface area contributed by atoms with Crippen molar-refractivity contribution in [1.29, 1.82) is 0 Å². The molecule has 0 amide bonds. The van der Waals surface area contributed by atoms with E-state index in [-0.39, 0.29) is 0 Å². The number of nitrogens with zero attached hydrogens (tertiary/aromatic N) is 4. The molecule has 8 aromatic rings. The molecule has 1 heterocycles. The third-order valence-electron chi connectivity index (χ3n) is 12.4. The standard InChI is InChI=1S/C59H48N6.C3H8.4C2H6/c1-41-14-11-24-55-57(41)63-59(43-26-33-51(34-27-43)64(49-21-9-4-10-22-49)50-23-13-20-47(30-37-50)60-45-16-5-2-6-17-45)58(62-55)42-28-35-52(36-29-42)65(56-25-12-15-44-40-54(44)56)53-38-31-48(32-39-53)61-46-18-7-3-8-19-46;1-3-2;4*1-2/h2-19,21-39,44,54,60-61H,20,40H2,1H3;3H2,1-2H3;4*1-2H3. The van der Waals surface area contributed by atoms with E-state index in [1.165, 1.54) is 18.5 Å². The number of para-hydroxylation sites is 4. The van der Waals surface area contributed by atoms with E-state index < -0.39 is 0 Å². The zero-order chi connectivity index (χ0) is 54.2. The number of anilines is 7. The van der Waals surface area contributed by atoms with Gasteiger partial charge in [0.25, 0.3) is 0 Å². The summed E-state index contributed by atoms with van der Waals surface area (Å²) in [4.78, 5) is 15.5. The van der Waals surface area contributed by atoms with Crippen molar-refractivity contribution in [3.63, 3.8) is 0 Å². The molecule has 11 rings (SSSR count).